The smallest absolute Gasteiger partial charge is 0.261 e. The first-order chi connectivity index (χ1) is 8.41. The maximum Gasteiger partial charge on any atom is 0.261 e. The van der Waals surface area contributed by atoms with E-state index < -0.39 is 22.3 Å². The Morgan fingerprint density at radius 1 is 1.56 bits per heavy atom. The van der Waals surface area contributed by atoms with Crippen LogP contribution >= 0.6 is 15.9 Å². The van der Waals surface area contributed by atoms with E-state index in [0.29, 0.717) is 28.9 Å². The number of pyridine rings is 1. The Kier molecular flexibility index (Phi) is 5.74. The van der Waals surface area contributed by atoms with E-state index in [0.717, 1.165) is 0 Å². The summed E-state index contributed by atoms with van der Waals surface area (Å²) in [6, 6.07) is 1.50. The number of amides is 1. The van der Waals surface area contributed by atoms with Crippen molar-refractivity contribution in [2.24, 2.45) is 0 Å². The van der Waals surface area contributed by atoms with Crippen LogP contribution in [0.3, 0.4) is 0 Å². The van der Waals surface area contributed by atoms with Crippen LogP contribution in [-0.2, 0) is 10.8 Å². The van der Waals surface area contributed by atoms with Gasteiger partial charge in [0.15, 0.2) is 0 Å². The number of hydrogen-bond acceptors (Lipinski definition) is 3. The van der Waals surface area contributed by atoms with Crippen LogP contribution in [-0.4, -0.2) is 33.7 Å². The van der Waals surface area contributed by atoms with Gasteiger partial charge in [-0.25, -0.2) is 0 Å². The van der Waals surface area contributed by atoms with Crippen molar-refractivity contribution in [3.05, 3.63) is 32.2 Å². The van der Waals surface area contributed by atoms with Gasteiger partial charge in [0.25, 0.3) is 11.5 Å². The lowest BCUT2D eigenvalue weighted by Crippen LogP contribution is -2.31. The average molecular weight is 335 g/mol. The van der Waals surface area contributed by atoms with Crippen LogP contribution in [0.15, 0.2) is 15.3 Å². The normalized spacial score (nSPS) is 12.2. The minimum atomic E-state index is -0.863. The van der Waals surface area contributed by atoms with Crippen LogP contribution in [0.5, 0.6) is 0 Å². The molecule has 1 heterocycles. The highest BCUT2D eigenvalue weighted by Crippen LogP contribution is 2.12. The second-order valence-electron chi connectivity index (χ2n) is 3.87. The molecule has 100 valence electrons. The molecule has 5 nitrogen and oxygen atoms in total. The highest BCUT2D eigenvalue weighted by atomic mass is 79.9. The summed E-state index contributed by atoms with van der Waals surface area (Å²) in [5.74, 6) is 0.118. The molecule has 0 aliphatic rings. The largest absolute Gasteiger partial charge is 0.352 e. The molecule has 1 atom stereocenters. The van der Waals surface area contributed by atoms with Gasteiger partial charge < -0.3 is 10.3 Å². The summed E-state index contributed by atoms with van der Waals surface area (Å²) in [5, 5.41) is 2.63. The molecule has 0 aliphatic carbocycles. The number of nitrogens with one attached hydrogen (secondary N) is 2. The number of aromatic amines is 1. The molecule has 1 unspecified atom stereocenters. The minimum absolute atomic E-state index is 0.0742. The Bertz CT molecular complexity index is 528. The first-order valence-corrected chi connectivity index (χ1v) is 7.91. The lowest BCUT2D eigenvalue weighted by Gasteiger charge is -2.05. The molecule has 0 saturated heterocycles. The van der Waals surface area contributed by atoms with E-state index in [-0.39, 0.29) is 5.56 Å². The van der Waals surface area contributed by atoms with Crippen LogP contribution in [0.25, 0.3) is 0 Å². The van der Waals surface area contributed by atoms with Gasteiger partial charge in [-0.2, -0.15) is 0 Å². The fourth-order valence-electron chi connectivity index (χ4n) is 1.34. The summed E-state index contributed by atoms with van der Waals surface area (Å²) < 4.78 is 11.5. The molecule has 0 bridgehead atoms. The highest BCUT2D eigenvalue weighted by molar-refractivity contribution is 9.10. The Hall–Kier alpha value is -0.950. The Morgan fingerprint density at radius 3 is 2.83 bits per heavy atom. The quantitative estimate of drug-likeness (QED) is 0.786. The standard InChI is InChI=1S/C11H15BrN2O3S/c1-7-9(12)6-8(11(16)14-7)10(15)13-4-3-5-18(2)17/h6H,3-5H2,1-2H3,(H,13,15)(H,14,16). The number of rotatable bonds is 5. The topological polar surface area (TPSA) is 79.0 Å². The zero-order chi connectivity index (χ0) is 13.7. The molecule has 1 aromatic heterocycles. The Labute approximate surface area is 116 Å². The van der Waals surface area contributed by atoms with E-state index in [9.17, 15) is 13.8 Å². The predicted octanol–water partition coefficient (Wildman–Crippen LogP) is 0.944. The average Bonchev–Trinajstić information content (AvgIpc) is 2.28. The zero-order valence-corrected chi connectivity index (χ0v) is 12.6. The van der Waals surface area contributed by atoms with Gasteiger partial charge in [0, 0.05) is 39.5 Å². The molecule has 1 rings (SSSR count). The molecular formula is C11H15BrN2O3S. The Morgan fingerprint density at radius 2 is 2.22 bits per heavy atom. The molecule has 7 heteroatoms. The monoisotopic (exact) mass is 334 g/mol. The van der Waals surface area contributed by atoms with Gasteiger partial charge >= 0.3 is 0 Å². The molecule has 1 aromatic rings. The van der Waals surface area contributed by atoms with E-state index in [2.05, 4.69) is 26.2 Å². The maximum atomic E-state index is 11.7. The van der Waals surface area contributed by atoms with Crippen molar-refractivity contribution in [3.63, 3.8) is 0 Å². The van der Waals surface area contributed by atoms with Crippen molar-refractivity contribution in [1.29, 1.82) is 0 Å². The van der Waals surface area contributed by atoms with Crippen molar-refractivity contribution in [3.8, 4) is 0 Å². The van der Waals surface area contributed by atoms with Crippen molar-refractivity contribution < 1.29 is 9.00 Å². The molecule has 18 heavy (non-hydrogen) atoms. The van der Waals surface area contributed by atoms with E-state index >= 15 is 0 Å². The second kappa shape index (κ2) is 6.84. The number of carbonyl (C=O) groups excluding carboxylic acids is 1. The lowest BCUT2D eigenvalue weighted by atomic mass is 10.2. The first-order valence-electron chi connectivity index (χ1n) is 5.39. The summed E-state index contributed by atoms with van der Waals surface area (Å²) in [4.78, 5) is 25.9. The van der Waals surface area contributed by atoms with E-state index in [1.807, 2.05) is 0 Å². The number of aromatic nitrogens is 1. The third-order valence-corrected chi connectivity index (χ3v) is 4.00. The molecule has 0 spiro atoms. The molecule has 0 aliphatic heterocycles. The van der Waals surface area contributed by atoms with Crippen LogP contribution in [0.4, 0.5) is 0 Å². The van der Waals surface area contributed by atoms with Gasteiger partial charge in [-0.05, 0) is 35.3 Å². The molecule has 0 aromatic carbocycles. The third kappa shape index (κ3) is 4.38. The summed E-state index contributed by atoms with van der Waals surface area (Å²) >= 11 is 3.26. The SMILES string of the molecule is Cc1[nH]c(=O)c(C(=O)NCCCS(C)=O)cc1Br. The minimum Gasteiger partial charge on any atom is -0.352 e. The van der Waals surface area contributed by atoms with E-state index in [1.54, 1.807) is 13.2 Å². The van der Waals surface area contributed by atoms with Gasteiger partial charge in [-0.1, -0.05) is 0 Å². The van der Waals surface area contributed by atoms with Gasteiger partial charge in [0.05, 0.1) is 0 Å². The van der Waals surface area contributed by atoms with Crippen LogP contribution in [0, 0.1) is 6.92 Å². The van der Waals surface area contributed by atoms with Crippen molar-refractivity contribution in [2.75, 3.05) is 18.6 Å². The van der Waals surface area contributed by atoms with Crippen molar-refractivity contribution >= 4 is 32.6 Å². The molecule has 0 radical (unpaired) electrons. The van der Waals surface area contributed by atoms with Gasteiger partial charge in [0.2, 0.25) is 0 Å². The van der Waals surface area contributed by atoms with Crippen LogP contribution in [0.2, 0.25) is 0 Å². The zero-order valence-electron chi connectivity index (χ0n) is 10.2. The van der Waals surface area contributed by atoms with Gasteiger partial charge in [-0.15, -0.1) is 0 Å². The fraction of sp³-hybridized carbons (Fsp3) is 0.455. The molecular weight excluding hydrogens is 320 g/mol. The summed E-state index contributed by atoms with van der Waals surface area (Å²) in [6.07, 6.45) is 2.24. The number of halogens is 1. The number of aryl methyl sites for hydroxylation is 1. The van der Waals surface area contributed by atoms with Crippen LogP contribution < -0.4 is 10.9 Å². The summed E-state index contributed by atoms with van der Waals surface area (Å²) in [6.45, 7) is 2.15. The number of H-pyrrole nitrogens is 1. The number of carbonyl (C=O) groups is 1. The van der Waals surface area contributed by atoms with Crippen molar-refractivity contribution in [2.45, 2.75) is 13.3 Å². The fourth-order valence-corrected chi connectivity index (χ4v) is 2.22. The molecule has 0 saturated carbocycles. The number of hydrogen-bond donors (Lipinski definition) is 2. The van der Waals surface area contributed by atoms with E-state index in [4.69, 9.17) is 0 Å². The third-order valence-electron chi connectivity index (χ3n) is 2.31. The summed E-state index contributed by atoms with van der Waals surface area (Å²) in [5.41, 5.74) is 0.343. The Balaban J connectivity index is 2.65. The predicted molar refractivity (Wildman–Crippen MR) is 75.4 cm³/mol. The molecule has 2 N–H and O–H groups in total. The van der Waals surface area contributed by atoms with Gasteiger partial charge in [0.1, 0.15) is 5.56 Å². The van der Waals surface area contributed by atoms with E-state index in [1.165, 1.54) is 6.07 Å². The first kappa shape index (κ1) is 15.1. The lowest BCUT2D eigenvalue weighted by molar-refractivity contribution is 0.0952. The van der Waals surface area contributed by atoms with Gasteiger partial charge in [-0.3, -0.25) is 13.8 Å². The highest BCUT2D eigenvalue weighted by Gasteiger charge is 2.11. The second-order valence-corrected chi connectivity index (χ2v) is 6.28. The van der Waals surface area contributed by atoms with Crippen LogP contribution in [0.1, 0.15) is 22.5 Å². The molecule has 1 amide bonds. The maximum absolute atomic E-state index is 11.7. The molecule has 0 fully saturated rings. The summed E-state index contributed by atoms with van der Waals surface area (Å²) in [7, 11) is -0.863. The van der Waals surface area contributed by atoms with Crippen molar-refractivity contribution in [1.82, 2.24) is 10.3 Å².